The van der Waals surface area contributed by atoms with E-state index in [9.17, 15) is 4.79 Å². The fourth-order valence-corrected chi connectivity index (χ4v) is 2.70. The van der Waals surface area contributed by atoms with E-state index in [1.54, 1.807) is 19.2 Å². The van der Waals surface area contributed by atoms with Crippen molar-refractivity contribution in [1.82, 2.24) is 4.98 Å². The summed E-state index contributed by atoms with van der Waals surface area (Å²) in [5.74, 6) is 0.642. The van der Waals surface area contributed by atoms with E-state index in [0.717, 1.165) is 8.96 Å². The Kier molecular flexibility index (Phi) is 3.30. The number of fused-ring (bicyclic) bond motifs is 1. The second-order valence-corrected chi connectivity index (χ2v) is 4.69. The van der Waals surface area contributed by atoms with Gasteiger partial charge in [-0.3, -0.25) is 4.79 Å². The molecule has 16 heavy (non-hydrogen) atoms. The van der Waals surface area contributed by atoms with E-state index in [1.807, 2.05) is 6.07 Å². The summed E-state index contributed by atoms with van der Waals surface area (Å²) in [4.78, 5) is 14.9. The zero-order valence-electron chi connectivity index (χ0n) is 8.33. The number of aldehydes is 1. The maximum Gasteiger partial charge on any atom is 0.168 e. The summed E-state index contributed by atoms with van der Waals surface area (Å²) < 4.78 is 6.14. The monoisotopic (exact) mass is 347 g/mol. The van der Waals surface area contributed by atoms with E-state index in [1.165, 1.54) is 0 Å². The highest BCUT2D eigenvalue weighted by Crippen LogP contribution is 2.34. The number of methoxy groups -OCH3 is 1. The molecule has 2 aromatic rings. The van der Waals surface area contributed by atoms with Crippen LogP contribution in [0.1, 0.15) is 10.5 Å². The van der Waals surface area contributed by atoms with Gasteiger partial charge >= 0.3 is 0 Å². The Morgan fingerprint density at radius 1 is 1.50 bits per heavy atom. The zero-order valence-corrected chi connectivity index (χ0v) is 11.2. The molecular weight excluding hydrogens is 340 g/mol. The molecule has 0 aliphatic carbocycles. The van der Waals surface area contributed by atoms with Gasteiger partial charge in [-0.2, -0.15) is 0 Å². The van der Waals surface area contributed by atoms with Crippen molar-refractivity contribution in [2.75, 3.05) is 7.11 Å². The van der Waals surface area contributed by atoms with Crippen molar-refractivity contribution in [1.29, 1.82) is 0 Å². The topological polar surface area (TPSA) is 39.2 Å². The second-order valence-electron chi connectivity index (χ2n) is 3.12. The maximum atomic E-state index is 10.7. The van der Waals surface area contributed by atoms with E-state index < -0.39 is 0 Å². The molecule has 0 spiro atoms. The molecule has 0 N–H and O–H groups in total. The summed E-state index contributed by atoms with van der Waals surface area (Å²) in [6.07, 6.45) is 0.701. The van der Waals surface area contributed by atoms with Crippen LogP contribution in [0.4, 0.5) is 0 Å². The fraction of sp³-hybridized carbons (Fsp3) is 0.0909. The van der Waals surface area contributed by atoms with E-state index in [4.69, 9.17) is 16.3 Å². The standard InChI is InChI=1S/C11H7ClINO2/c1-16-11-9(13)4-8(12)7-3-2-6(5-15)14-10(7)11/h2-5H,1H3. The summed E-state index contributed by atoms with van der Waals surface area (Å²) in [7, 11) is 1.57. The molecule has 0 atom stereocenters. The van der Waals surface area contributed by atoms with Crippen molar-refractivity contribution in [3.8, 4) is 5.75 Å². The number of carbonyl (C=O) groups excluding carboxylic acids is 1. The smallest absolute Gasteiger partial charge is 0.168 e. The summed E-state index contributed by atoms with van der Waals surface area (Å²) in [6.45, 7) is 0. The zero-order chi connectivity index (χ0) is 11.7. The van der Waals surface area contributed by atoms with Gasteiger partial charge in [-0.1, -0.05) is 11.6 Å². The Morgan fingerprint density at radius 3 is 2.88 bits per heavy atom. The van der Waals surface area contributed by atoms with Crippen molar-refractivity contribution >= 4 is 51.4 Å². The molecule has 0 amide bonds. The van der Waals surface area contributed by atoms with Gasteiger partial charge in [0.05, 0.1) is 15.7 Å². The maximum absolute atomic E-state index is 10.7. The van der Waals surface area contributed by atoms with Gasteiger partial charge in [0, 0.05) is 5.39 Å². The predicted octanol–water partition coefficient (Wildman–Crippen LogP) is 3.31. The van der Waals surface area contributed by atoms with Crippen molar-refractivity contribution in [3.05, 3.63) is 32.5 Å². The number of pyridine rings is 1. The minimum atomic E-state index is 0.365. The van der Waals surface area contributed by atoms with Gasteiger partial charge in [0.15, 0.2) is 12.0 Å². The number of carbonyl (C=O) groups is 1. The Hall–Kier alpha value is -0.880. The van der Waals surface area contributed by atoms with E-state index in [2.05, 4.69) is 27.6 Å². The molecule has 0 saturated carbocycles. The highest BCUT2D eigenvalue weighted by Gasteiger charge is 2.11. The number of ether oxygens (including phenoxy) is 1. The SMILES string of the molecule is COc1c(I)cc(Cl)c2ccc(C=O)nc12. The van der Waals surface area contributed by atoms with Crippen LogP contribution < -0.4 is 4.74 Å². The van der Waals surface area contributed by atoms with Gasteiger partial charge in [0.2, 0.25) is 0 Å². The van der Waals surface area contributed by atoms with Gasteiger partial charge in [-0.25, -0.2) is 4.98 Å². The van der Waals surface area contributed by atoms with E-state index in [-0.39, 0.29) is 0 Å². The molecule has 5 heteroatoms. The number of rotatable bonds is 2. The Bertz CT molecular complexity index is 571. The molecule has 0 aliphatic heterocycles. The molecule has 0 radical (unpaired) electrons. The molecule has 3 nitrogen and oxygen atoms in total. The number of nitrogens with zero attached hydrogens (tertiary/aromatic N) is 1. The molecule has 0 saturated heterocycles. The summed E-state index contributed by atoms with van der Waals surface area (Å²) >= 11 is 8.22. The predicted molar refractivity (Wildman–Crippen MR) is 71.4 cm³/mol. The minimum Gasteiger partial charge on any atom is -0.493 e. The van der Waals surface area contributed by atoms with E-state index >= 15 is 0 Å². The average molecular weight is 348 g/mol. The Labute approximate surface area is 111 Å². The molecule has 1 aromatic carbocycles. The van der Waals surface area contributed by atoms with Crippen LogP contribution in [0.15, 0.2) is 18.2 Å². The molecule has 0 fully saturated rings. The molecule has 0 aliphatic rings. The van der Waals surface area contributed by atoms with Crippen molar-refractivity contribution < 1.29 is 9.53 Å². The third kappa shape index (κ3) is 1.87. The van der Waals surface area contributed by atoms with Crippen LogP contribution in [-0.2, 0) is 0 Å². The number of benzene rings is 1. The lowest BCUT2D eigenvalue weighted by Gasteiger charge is -2.08. The van der Waals surface area contributed by atoms with Crippen LogP contribution in [0, 0.1) is 3.57 Å². The molecule has 1 aromatic heterocycles. The lowest BCUT2D eigenvalue weighted by Crippen LogP contribution is -1.94. The van der Waals surface area contributed by atoms with Crippen LogP contribution >= 0.6 is 34.2 Å². The third-order valence-corrected chi connectivity index (χ3v) is 3.30. The third-order valence-electron chi connectivity index (χ3n) is 2.18. The molecular formula is C11H7ClINO2. The highest BCUT2D eigenvalue weighted by molar-refractivity contribution is 14.1. The lowest BCUT2D eigenvalue weighted by molar-refractivity contribution is 0.111. The average Bonchev–Trinajstić information content (AvgIpc) is 2.28. The van der Waals surface area contributed by atoms with Gasteiger partial charge in [-0.05, 0) is 40.8 Å². The van der Waals surface area contributed by atoms with Gasteiger partial charge < -0.3 is 4.74 Å². The van der Waals surface area contributed by atoms with Crippen LogP contribution in [0.5, 0.6) is 5.75 Å². The lowest BCUT2D eigenvalue weighted by atomic mass is 10.2. The van der Waals surface area contributed by atoms with Crippen LogP contribution in [0.25, 0.3) is 10.9 Å². The first kappa shape index (κ1) is 11.6. The number of hydrogen-bond donors (Lipinski definition) is 0. The van der Waals surface area contributed by atoms with Crippen molar-refractivity contribution in [2.45, 2.75) is 0 Å². The normalized spacial score (nSPS) is 10.4. The summed E-state index contributed by atoms with van der Waals surface area (Å²) in [5.41, 5.74) is 0.980. The number of hydrogen-bond acceptors (Lipinski definition) is 3. The Balaban J connectivity index is 2.89. The summed E-state index contributed by atoms with van der Waals surface area (Å²) in [6, 6.07) is 5.21. The van der Waals surface area contributed by atoms with Gasteiger partial charge in [-0.15, -0.1) is 0 Å². The summed E-state index contributed by atoms with van der Waals surface area (Å²) in [5, 5.41) is 1.38. The van der Waals surface area contributed by atoms with Gasteiger partial charge in [0.1, 0.15) is 11.2 Å². The molecule has 2 rings (SSSR count). The molecule has 0 bridgehead atoms. The van der Waals surface area contributed by atoms with E-state index in [0.29, 0.717) is 28.3 Å². The van der Waals surface area contributed by atoms with Crippen LogP contribution in [0.2, 0.25) is 5.02 Å². The fourth-order valence-electron chi connectivity index (χ4n) is 1.47. The first-order valence-electron chi connectivity index (χ1n) is 4.45. The Morgan fingerprint density at radius 2 is 2.25 bits per heavy atom. The molecule has 0 unspecified atom stereocenters. The highest BCUT2D eigenvalue weighted by atomic mass is 127. The quantitative estimate of drug-likeness (QED) is 0.618. The largest absolute Gasteiger partial charge is 0.493 e. The van der Waals surface area contributed by atoms with Crippen molar-refractivity contribution in [2.24, 2.45) is 0 Å². The minimum absolute atomic E-state index is 0.365. The van der Waals surface area contributed by atoms with Crippen molar-refractivity contribution in [3.63, 3.8) is 0 Å². The van der Waals surface area contributed by atoms with Gasteiger partial charge in [0.25, 0.3) is 0 Å². The molecule has 82 valence electrons. The number of halogens is 2. The second kappa shape index (κ2) is 4.55. The first-order valence-corrected chi connectivity index (χ1v) is 5.91. The number of aromatic nitrogens is 1. The van der Waals surface area contributed by atoms with Crippen LogP contribution in [0.3, 0.4) is 0 Å². The van der Waals surface area contributed by atoms with Crippen LogP contribution in [-0.4, -0.2) is 18.4 Å². The first-order chi connectivity index (χ1) is 7.67. The molecule has 1 heterocycles.